The lowest BCUT2D eigenvalue weighted by atomic mass is 9.57. The Hall–Kier alpha value is -1.33. The molecule has 4 nitrogen and oxygen atoms in total. The van der Waals surface area contributed by atoms with Crippen LogP contribution >= 0.6 is 0 Å². The summed E-state index contributed by atoms with van der Waals surface area (Å²) in [7, 11) is 4.80. The summed E-state index contributed by atoms with van der Waals surface area (Å²) in [4.78, 5) is 0. The maximum atomic E-state index is 14.4. The molecule has 1 aromatic rings. The molecule has 0 amide bonds. The molecule has 0 spiro atoms. The Balaban J connectivity index is 2.20. The quantitative estimate of drug-likeness (QED) is 0.868. The third-order valence-electron chi connectivity index (χ3n) is 5.19. The highest BCUT2D eigenvalue weighted by molar-refractivity contribution is 5.44. The van der Waals surface area contributed by atoms with Crippen LogP contribution in [0.15, 0.2) is 12.1 Å². The zero-order chi connectivity index (χ0) is 17.4. The molecule has 0 unspecified atom stereocenters. The van der Waals surface area contributed by atoms with E-state index in [9.17, 15) is 4.39 Å². The van der Waals surface area contributed by atoms with Gasteiger partial charge in [0.1, 0.15) is 5.82 Å². The molecule has 23 heavy (non-hydrogen) atoms. The van der Waals surface area contributed by atoms with E-state index in [0.29, 0.717) is 23.0 Å². The van der Waals surface area contributed by atoms with Crippen LogP contribution in [0.5, 0.6) is 11.5 Å². The fourth-order valence-corrected chi connectivity index (χ4v) is 4.03. The molecular weight excluding hydrogens is 297 g/mol. The minimum Gasteiger partial charge on any atom is -0.493 e. The van der Waals surface area contributed by atoms with Crippen molar-refractivity contribution in [3.05, 3.63) is 23.5 Å². The fourth-order valence-electron chi connectivity index (χ4n) is 4.03. The molecular formula is C18H28FNO3. The van der Waals surface area contributed by atoms with E-state index in [4.69, 9.17) is 14.2 Å². The Morgan fingerprint density at radius 3 is 2.17 bits per heavy atom. The molecule has 0 aliphatic heterocycles. The SMILES string of the molecule is COc1cc(F)c([C@H](C)N[C@@H]2[C@H](C)[C@H](OC)C2(C)C)cc1OC. The normalized spacial score (nSPS) is 27.2. The first-order valence-electron chi connectivity index (χ1n) is 7.98. The number of rotatable bonds is 6. The summed E-state index contributed by atoms with van der Waals surface area (Å²) in [6, 6.07) is 3.20. The van der Waals surface area contributed by atoms with Crippen molar-refractivity contribution in [3.8, 4) is 11.5 Å². The van der Waals surface area contributed by atoms with Crippen molar-refractivity contribution in [2.45, 2.75) is 45.9 Å². The van der Waals surface area contributed by atoms with Crippen LogP contribution in [-0.4, -0.2) is 33.5 Å². The molecule has 130 valence electrons. The van der Waals surface area contributed by atoms with Crippen molar-refractivity contribution < 1.29 is 18.6 Å². The molecule has 1 aliphatic carbocycles. The molecule has 1 saturated carbocycles. The van der Waals surface area contributed by atoms with Gasteiger partial charge in [-0.1, -0.05) is 20.8 Å². The monoisotopic (exact) mass is 325 g/mol. The van der Waals surface area contributed by atoms with Crippen LogP contribution in [0.2, 0.25) is 0 Å². The van der Waals surface area contributed by atoms with Gasteiger partial charge in [-0.2, -0.15) is 0 Å². The van der Waals surface area contributed by atoms with E-state index in [1.165, 1.54) is 13.2 Å². The van der Waals surface area contributed by atoms with Crippen LogP contribution in [0.3, 0.4) is 0 Å². The van der Waals surface area contributed by atoms with E-state index in [1.807, 2.05) is 6.92 Å². The maximum Gasteiger partial charge on any atom is 0.163 e. The van der Waals surface area contributed by atoms with Crippen LogP contribution in [0.25, 0.3) is 0 Å². The lowest BCUT2D eigenvalue weighted by molar-refractivity contribution is -0.147. The predicted molar refractivity (Wildman–Crippen MR) is 88.6 cm³/mol. The number of halogens is 1. The maximum absolute atomic E-state index is 14.4. The number of hydrogen-bond donors (Lipinski definition) is 1. The number of methoxy groups -OCH3 is 3. The van der Waals surface area contributed by atoms with Gasteiger partial charge in [-0.05, 0) is 18.9 Å². The topological polar surface area (TPSA) is 39.7 Å². The summed E-state index contributed by atoms with van der Waals surface area (Å²) >= 11 is 0. The van der Waals surface area contributed by atoms with Gasteiger partial charge in [0.05, 0.1) is 20.3 Å². The van der Waals surface area contributed by atoms with E-state index < -0.39 is 0 Å². The average Bonchev–Trinajstić information content (AvgIpc) is 2.52. The second-order valence-corrected chi connectivity index (χ2v) is 6.93. The summed E-state index contributed by atoms with van der Waals surface area (Å²) in [6.07, 6.45) is 0.211. The lowest BCUT2D eigenvalue weighted by Gasteiger charge is -2.57. The molecule has 1 fully saturated rings. The molecule has 0 bridgehead atoms. The molecule has 1 aliphatic rings. The van der Waals surface area contributed by atoms with Gasteiger partial charge in [-0.15, -0.1) is 0 Å². The zero-order valence-corrected chi connectivity index (χ0v) is 15.1. The highest BCUT2D eigenvalue weighted by Crippen LogP contribution is 2.48. The standard InChI is InChI=1S/C18H28FNO3/c1-10-16(18(3,4)17(10)23-7)20-11(2)12-8-14(21-5)15(22-6)9-13(12)19/h8-11,16-17,20H,1-7H3/t10-,11-,16+,17-/m0/s1. The largest absolute Gasteiger partial charge is 0.493 e. The van der Waals surface area contributed by atoms with Gasteiger partial charge in [-0.25, -0.2) is 4.39 Å². The highest BCUT2D eigenvalue weighted by atomic mass is 19.1. The molecule has 0 saturated heterocycles. The van der Waals surface area contributed by atoms with Gasteiger partial charge in [0.2, 0.25) is 0 Å². The Labute approximate surface area is 138 Å². The summed E-state index contributed by atoms with van der Waals surface area (Å²) < 4.78 is 30.4. The summed E-state index contributed by atoms with van der Waals surface area (Å²) in [5, 5.41) is 3.55. The second kappa shape index (κ2) is 6.65. The molecule has 1 aromatic carbocycles. The van der Waals surface area contributed by atoms with Crippen LogP contribution in [0.1, 0.15) is 39.3 Å². The van der Waals surface area contributed by atoms with Crippen LogP contribution in [0.4, 0.5) is 4.39 Å². The lowest BCUT2D eigenvalue weighted by Crippen LogP contribution is -2.67. The number of nitrogens with one attached hydrogen (secondary N) is 1. The number of hydrogen-bond acceptors (Lipinski definition) is 4. The average molecular weight is 325 g/mol. The molecule has 0 aromatic heterocycles. The molecule has 5 heteroatoms. The fraction of sp³-hybridized carbons (Fsp3) is 0.667. The molecule has 0 heterocycles. The Morgan fingerprint density at radius 2 is 1.70 bits per heavy atom. The van der Waals surface area contributed by atoms with E-state index in [2.05, 4.69) is 26.1 Å². The first-order valence-corrected chi connectivity index (χ1v) is 7.98. The van der Waals surface area contributed by atoms with Crippen molar-refractivity contribution in [2.75, 3.05) is 21.3 Å². The third-order valence-corrected chi connectivity index (χ3v) is 5.19. The van der Waals surface area contributed by atoms with Gasteiger partial charge >= 0.3 is 0 Å². The van der Waals surface area contributed by atoms with E-state index in [1.54, 1.807) is 20.3 Å². The van der Waals surface area contributed by atoms with E-state index in [-0.39, 0.29) is 29.4 Å². The van der Waals surface area contributed by atoms with Crippen molar-refractivity contribution in [3.63, 3.8) is 0 Å². The van der Waals surface area contributed by atoms with Gasteiger partial charge in [-0.3, -0.25) is 0 Å². The minimum absolute atomic E-state index is 0.00938. The van der Waals surface area contributed by atoms with E-state index >= 15 is 0 Å². The molecule has 0 radical (unpaired) electrons. The van der Waals surface area contributed by atoms with Crippen LogP contribution < -0.4 is 14.8 Å². The van der Waals surface area contributed by atoms with E-state index in [0.717, 1.165) is 0 Å². The van der Waals surface area contributed by atoms with Gasteiger partial charge in [0.25, 0.3) is 0 Å². The molecule has 2 rings (SSSR count). The van der Waals surface area contributed by atoms with Gasteiger partial charge in [0.15, 0.2) is 11.5 Å². The third kappa shape index (κ3) is 3.04. The highest BCUT2D eigenvalue weighted by Gasteiger charge is 2.54. The Morgan fingerprint density at radius 1 is 1.13 bits per heavy atom. The van der Waals surface area contributed by atoms with Crippen LogP contribution in [-0.2, 0) is 4.74 Å². The van der Waals surface area contributed by atoms with Crippen molar-refractivity contribution >= 4 is 0 Å². The predicted octanol–water partition coefficient (Wildman–Crippen LogP) is 3.55. The van der Waals surface area contributed by atoms with Gasteiger partial charge < -0.3 is 19.5 Å². The number of ether oxygens (including phenoxy) is 3. The minimum atomic E-state index is -0.296. The Bertz CT molecular complexity index is 561. The van der Waals surface area contributed by atoms with Crippen molar-refractivity contribution in [2.24, 2.45) is 11.3 Å². The summed E-state index contributed by atoms with van der Waals surface area (Å²) in [6.45, 7) is 8.48. The van der Waals surface area contributed by atoms with Gasteiger partial charge in [0, 0.05) is 36.2 Å². The smallest absolute Gasteiger partial charge is 0.163 e. The molecule has 4 atom stereocenters. The molecule has 1 N–H and O–H groups in total. The second-order valence-electron chi connectivity index (χ2n) is 6.93. The van der Waals surface area contributed by atoms with Crippen molar-refractivity contribution in [1.29, 1.82) is 0 Å². The zero-order valence-electron chi connectivity index (χ0n) is 15.1. The van der Waals surface area contributed by atoms with Crippen molar-refractivity contribution in [1.82, 2.24) is 5.32 Å². The first kappa shape index (κ1) is 18.0. The first-order chi connectivity index (χ1) is 10.8. The Kier molecular flexibility index (Phi) is 5.21. The number of benzene rings is 1. The summed E-state index contributed by atoms with van der Waals surface area (Å²) in [5.74, 6) is 1.02. The van der Waals surface area contributed by atoms with Crippen LogP contribution in [0, 0.1) is 17.2 Å². The summed E-state index contributed by atoms with van der Waals surface area (Å²) in [5.41, 5.74) is 0.585.